The summed E-state index contributed by atoms with van der Waals surface area (Å²) in [5, 5.41) is 6.94. The predicted molar refractivity (Wildman–Crippen MR) is 74.0 cm³/mol. The second-order valence-corrected chi connectivity index (χ2v) is 5.47. The standard InChI is InChI=1S/C14H32N2/c1-5-7-10-15-12-13-16-11-8-9-14(3,4)6-2/h15-16H,5-13H2,1-4H3. The third-order valence-corrected chi connectivity index (χ3v) is 3.35. The highest BCUT2D eigenvalue weighted by atomic mass is 14.9. The van der Waals surface area contributed by atoms with Crippen molar-refractivity contribution < 1.29 is 0 Å². The largest absolute Gasteiger partial charge is 0.315 e. The van der Waals surface area contributed by atoms with Gasteiger partial charge in [0.05, 0.1) is 0 Å². The van der Waals surface area contributed by atoms with Gasteiger partial charge in [-0.05, 0) is 37.8 Å². The van der Waals surface area contributed by atoms with Gasteiger partial charge in [0.1, 0.15) is 0 Å². The van der Waals surface area contributed by atoms with Crippen molar-refractivity contribution in [1.82, 2.24) is 10.6 Å². The predicted octanol–water partition coefficient (Wildman–Crippen LogP) is 3.18. The summed E-state index contributed by atoms with van der Waals surface area (Å²) in [5.41, 5.74) is 0.529. The van der Waals surface area contributed by atoms with Gasteiger partial charge in [-0.3, -0.25) is 0 Å². The molecule has 2 nitrogen and oxygen atoms in total. The molecule has 0 spiro atoms. The van der Waals surface area contributed by atoms with E-state index < -0.39 is 0 Å². The number of hydrogen-bond donors (Lipinski definition) is 2. The van der Waals surface area contributed by atoms with Crippen molar-refractivity contribution in [2.75, 3.05) is 26.2 Å². The molecule has 0 saturated heterocycles. The zero-order valence-corrected chi connectivity index (χ0v) is 11.9. The van der Waals surface area contributed by atoms with Crippen LogP contribution in [0.5, 0.6) is 0 Å². The highest BCUT2D eigenvalue weighted by Gasteiger charge is 2.13. The first-order valence-electron chi connectivity index (χ1n) is 7.04. The Labute approximate surface area is 103 Å². The van der Waals surface area contributed by atoms with Crippen LogP contribution in [0.3, 0.4) is 0 Å². The van der Waals surface area contributed by atoms with Gasteiger partial charge < -0.3 is 10.6 Å². The molecular formula is C14H32N2. The summed E-state index contributed by atoms with van der Waals surface area (Å²) in [6.07, 6.45) is 6.50. The summed E-state index contributed by atoms with van der Waals surface area (Å²) in [7, 11) is 0. The Morgan fingerprint density at radius 2 is 1.38 bits per heavy atom. The van der Waals surface area contributed by atoms with Crippen LogP contribution in [0.1, 0.15) is 59.8 Å². The number of rotatable bonds is 11. The molecule has 0 heterocycles. The van der Waals surface area contributed by atoms with E-state index in [9.17, 15) is 0 Å². The lowest BCUT2D eigenvalue weighted by Gasteiger charge is -2.22. The molecule has 0 aromatic heterocycles. The first-order valence-corrected chi connectivity index (χ1v) is 7.04. The molecule has 0 aliphatic heterocycles. The number of unbranched alkanes of at least 4 members (excludes halogenated alkanes) is 1. The Kier molecular flexibility index (Phi) is 10.0. The molecule has 0 aliphatic carbocycles. The Morgan fingerprint density at radius 1 is 0.812 bits per heavy atom. The van der Waals surface area contributed by atoms with E-state index in [4.69, 9.17) is 0 Å². The molecule has 0 aromatic rings. The van der Waals surface area contributed by atoms with Gasteiger partial charge in [0.2, 0.25) is 0 Å². The molecule has 2 N–H and O–H groups in total. The summed E-state index contributed by atoms with van der Waals surface area (Å²) < 4.78 is 0. The third-order valence-electron chi connectivity index (χ3n) is 3.35. The van der Waals surface area contributed by atoms with Gasteiger partial charge in [0.25, 0.3) is 0 Å². The van der Waals surface area contributed by atoms with E-state index in [0.29, 0.717) is 5.41 Å². The Balaban J connectivity index is 3.10. The fourth-order valence-corrected chi connectivity index (χ4v) is 1.60. The minimum Gasteiger partial charge on any atom is -0.315 e. The highest BCUT2D eigenvalue weighted by molar-refractivity contribution is 4.66. The summed E-state index contributed by atoms with van der Waals surface area (Å²) in [4.78, 5) is 0. The molecular weight excluding hydrogens is 196 g/mol. The van der Waals surface area contributed by atoms with Gasteiger partial charge in [-0.15, -0.1) is 0 Å². The van der Waals surface area contributed by atoms with E-state index in [1.165, 1.54) is 45.2 Å². The number of nitrogens with one attached hydrogen (secondary N) is 2. The number of hydrogen-bond acceptors (Lipinski definition) is 2. The van der Waals surface area contributed by atoms with Crippen LogP contribution in [0.2, 0.25) is 0 Å². The molecule has 0 fully saturated rings. The first-order chi connectivity index (χ1) is 7.62. The Hall–Kier alpha value is -0.0800. The van der Waals surface area contributed by atoms with Crippen LogP contribution >= 0.6 is 0 Å². The highest BCUT2D eigenvalue weighted by Crippen LogP contribution is 2.25. The lowest BCUT2D eigenvalue weighted by Crippen LogP contribution is -2.29. The maximum absolute atomic E-state index is 3.50. The van der Waals surface area contributed by atoms with Crippen molar-refractivity contribution in [3.63, 3.8) is 0 Å². The molecule has 0 rings (SSSR count). The maximum Gasteiger partial charge on any atom is 0.00767 e. The van der Waals surface area contributed by atoms with E-state index in [0.717, 1.165) is 13.1 Å². The van der Waals surface area contributed by atoms with Crippen molar-refractivity contribution >= 4 is 0 Å². The normalized spacial score (nSPS) is 12.0. The molecule has 0 amide bonds. The second kappa shape index (κ2) is 10.1. The molecule has 0 aromatic carbocycles. The fraction of sp³-hybridized carbons (Fsp3) is 1.00. The zero-order valence-electron chi connectivity index (χ0n) is 11.9. The van der Waals surface area contributed by atoms with Crippen LogP contribution in [0, 0.1) is 5.41 Å². The molecule has 16 heavy (non-hydrogen) atoms. The van der Waals surface area contributed by atoms with Crippen molar-refractivity contribution in [1.29, 1.82) is 0 Å². The van der Waals surface area contributed by atoms with Crippen LogP contribution in [0.25, 0.3) is 0 Å². The smallest absolute Gasteiger partial charge is 0.00767 e. The summed E-state index contributed by atoms with van der Waals surface area (Å²) in [6.45, 7) is 13.8. The minimum atomic E-state index is 0.529. The van der Waals surface area contributed by atoms with Gasteiger partial charge in [-0.2, -0.15) is 0 Å². The van der Waals surface area contributed by atoms with Gasteiger partial charge in [0, 0.05) is 13.1 Å². The monoisotopic (exact) mass is 228 g/mol. The first kappa shape index (κ1) is 15.9. The van der Waals surface area contributed by atoms with Crippen molar-refractivity contribution in [2.45, 2.75) is 59.8 Å². The van der Waals surface area contributed by atoms with E-state index in [1.807, 2.05) is 0 Å². The van der Waals surface area contributed by atoms with Gasteiger partial charge in [-0.25, -0.2) is 0 Å². The molecule has 0 saturated carbocycles. The van der Waals surface area contributed by atoms with E-state index in [1.54, 1.807) is 0 Å². The second-order valence-electron chi connectivity index (χ2n) is 5.47. The van der Waals surface area contributed by atoms with Gasteiger partial charge >= 0.3 is 0 Å². The molecule has 0 unspecified atom stereocenters. The van der Waals surface area contributed by atoms with E-state index >= 15 is 0 Å². The van der Waals surface area contributed by atoms with Crippen LogP contribution in [-0.2, 0) is 0 Å². The molecule has 0 radical (unpaired) electrons. The van der Waals surface area contributed by atoms with Crippen LogP contribution in [-0.4, -0.2) is 26.2 Å². The molecule has 98 valence electrons. The minimum absolute atomic E-state index is 0.529. The molecule has 2 heteroatoms. The summed E-state index contributed by atoms with van der Waals surface area (Å²) in [5.74, 6) is 0. The average Bonchev–Trinajstić information content (AvgIpc) is 2.27. The molecule has 0 bridgehead atoms. The zero-order chi connectivity index (χ0) is 12.3. The van der Waals surface area contributed by atoms with Crippen LogP contribution in [0.15, 0.2) is 0 Å². The molecule has 0 aliphatic rings. The van der Waals surface area contributed by atoms with Crippen molar-refractivity contribution in [2.24, 2.45) is 5.41 Å². The third kappa shape index (κ3) is 10.4. The SMILES string of the molecule is CCCCNCCNCCCC(C)(C)CC. The van der Waals surface area contributed by atoms with Gasteiger partial charge in [0.15, 0.2) is 0 Å². The lowest BCUT2D eigenvalue weighted by molar-refractivity contribution is 0.310. The van der Waals surface area contributed by atoms with Crippen LogP contribution < -0.4 is 10.6 Å². The Morgan fingerprint density at radius 3 is 1.88 bits per heavy atom. The van der Waals surface area contributed by atoms with E-state index in [-0.39, 0.29) is 0 Å². The maximum atomic E-state index is 3.50. The topological polar surface area (TPSA) is 24.1 Å². The Bertz CT molecular complexity index is 144. The fourth-order valence-electron chi connectivity index (χ4n) is 1.60. The van der Waals surface area contributed by atoms with Crippen molar-refractivity contribution in [3.8, 4) is 0 Å². The average molecular weight is 228 g/mol. The lowest BCUT2D eigenvalue weighted by atomic mass is 9.85. The quantitative estimate of drug-likeness (QED) is 0.531. The van der Waals surface area contributed by atoms with Gasteiger partial charge in [-0.1, -0.05) is 40.5 Å². The molecule has 0 atom stereocenters. The summed E-state index contributed by atoms with van der Waals surface area (Å²) in [6, 6.07) is 0. The van der Waals surface area contributed by atoms with Crippen LogP contribution in [0.4, 0.5) is 0 Å². The van der Waals surface area contributed by atoms with E-state index in [2.05, 4.69) is 38.3 Å². The summed E-state index contributed by atoms with van der Waals surface area (Å²) >= 11 is 0. The van der Waals surface area contributed by atoms with Crippen molar-refractivity contribution in [3.05, 3.63) is 0 Å².